The molecular weight excluding hydrogens is 232 g/mol. The minimum atomic E-state index is -1.26. The Morgan fingerprint density at radius 2 is 2.20 bits per heavy atom. The average molecular weight is 243 g/mol. The molecule has 1 aromatic rings. The van der Waals surface area contributed by atoms with Crippen LogP contribution >= 0.6 is 23.1 Å². The summed E-state index contributed by atoms with van der Waals surface area (Å²) in [4.78, 5) is 22.5. The molecule has 0 saturated carbocycles. The van der Waals surface area contributed by atoms with E-state index >= 15 is 0 Å². The first kappa shape index (κ1) is 12.3. The third kappa shape index (κ3) is 2.41. The van der Waals surface area contributed by atoms with Crippen LogP contribution in [0.4, 0.5) is 0 Å². The minimum absolute atomic E-state index is 0.0773. The van der Waals surface area contributed by atoms with Gasteiger partial charge >= 0.3 is 0 Å². The number of thiophene rings is 1. The Kier molecular flexibility index (Phi) is 4.35. The summed E-state index contributed by atoms with van der Waals surface area (Å²) in [5.41, 5.74) is 0.358. The lowest BCUT2D eigenvalue weighted by Crippen LogP contribution is -2.24. The fourth-order valence-corrected chi connectivity index (χ4v) is 3.67. The number of aromatic carboxylic acids is 1. The summed E-state index contributed by atoms with van der Waals surface area (Å²) in [5, 5.41) is 10.9. The Morgan fingerprint density at radius 3 is 2.60 bits per heavy atom. The molecule has 0 unspecified atom stereocenters. The van der Waals surface area contributed by atoms with Crippen molar-refractivity contribution in [3.8, 4) is 0 Å². The van der Waals surface area contributed by atoms with E-state index in [4.69, 9.17) is 0 Å². The van der Waals surface area contributed by atoms with E-state index in [9.17, 15) is 14.7 Å². The molecule has 15 heavy (non-hydrogen) atoms. The van der Waals surface area contributed by atoms with Crippen molar-refractivity contribution < 1.29 is 14.7 Å². The van der Waals surface area contributed by atoms with Crippen LogP contribution in [0.3, 0.4) is 0 Å². The molecule has 0 radical (unpaired) electrons. The quantitative estimate of drug-likeness (QED) is 0.582. The third-order valence-electron chi connectivity index (χ3n) is 1.90. The standard InChI is InChI=1S/C10H12O3S2/c1-3-7-8(9(12)13)6(5-11)10(15-7)14-4-2/h5H,3-4H2,1-2H3,(H,12,13)/p-1. The second kappa shape index (κ2) is 5.32. The van der Waals surface area contributed by atoms with Crippen LogP contribution in [0.5, 0.6) is 0 Å². The van der Waals surface area contributed by atoms with Crippen molar-refractivity contribution in [3.63, 3.8) is 0 Å². The fourth-order valence-electron chi connectivity index (χ4n) is 1.29. The predicted octanol–water partition coefficient (Wildman–Crippen LogP) is 1.60. The van der Waals surface area contributed by atoms with Gasteiger partial charge in [0.25, 0.3) is 0 Å². The SMILES string of the molecule is CCSc1sc(CC)c(C(=O)[O-])c1C=O. The third-order valence-corrected chi connectivity index (χ3v) is 4.42. The summed E-state index contributed by atoms with van der Waals surface area (Å²) in [6, 6.07) is 0. The molecule has 0 fully saturated rings. The summed E-state index contributed by atoms with van der Waals surface area (Å²) in [5.74, 6) is -0.440. The molecule has 0 saturated heterocycles. The molecule has 0 N–H and O–H groups in total. The van der Waals surface area contributed by atoms with Crippen LogP contribution in [-0.4, -0.2) is 18.0 Å². The van der Waals surface area contributed by atoms with Crippen LogP contribution in [0.15, 0.2) is 4.21 Å². The number of hydrogen-bond acceptors (Lipinski definition) is 5. The molecule has 82 valence electrons. The van der Waals surface area contributed by atoms with Gasteiger partial charge in [-0.2, -0.15) is 0 Å². The predicted molar refractivity (Wildman–Crippen MR) is 59.8 cm³/mol. The van der Waals surface area contributed by atoms with E-state index in [1.807, 2.05) is 13.8 Å². The fraction of sp³-hybridized carbons (Fsp3) is 0.400. The monoisotopic (exact) mass is 243 g/mol. The van der Waals surface area contributed by atoms with Gasteiger partial charge in [0.1, 0.15) is 0 Å². The normalized spacial score (nSPS) is 10.3. The van der Waals surface area contributed by atoms with E-state index in [0.29, 0.717) is 17.6 Å². The van der Waals surface area contributed by atoms with Crippen LogP contribution in [0.25, 0.3) is 0 Å². The smallest absolute Gasteiger partial charge is 0.152 e. The molecule has 0 aliphatic rings. The molecule has 1 aromatic heterocycles. The molecule has 1 heterocycles. The van der Waals surface area contributed by atoms with Gasteiger partial charge in [0, 0.05) is 16.0 Å². The van der Waals surface area contributed by atoms with Crippen molar-refractivity contribution in [1.82, 2.24) is 0 Å². The molecule has 0 bridgehead atoms. The highest BCUT2D eigenvalue weighted by Gasteiger charge is 2.17. The van der Waals surface area contributed by atoms with Crippen LogP contribution in [0, 0.1) is 0 Å². The van der Waals surface area contributed by atoms with Crippen molar-refractivity contribution in [2.24, 2.45) is 0 Å². The molecule has 1 rings (SSSR count). The molecule has 5 heteroatoms. The van der Waals surface area contributed by atoms with Crippen molar-refractivity contribution in [3.05, 3.63) is 16.0 Å². The van der Waals surface area contributed by atoms with Crippen molar-refractivity contribution in [2.45, 2.75) is 24.5 Å². The summed E-state index contributed by atoms with van der Waals surface area (Å²) < 4.78 is 0.781. The van der Waals surface area contributed by atoms with Crippen molar-refractivity contribution in [1.29, 1.82) is 0 Å². The first-order valence-electron chi connectivity index (χ1n) is 4.60. The van der Waals surface area contributed by atoms with Gasteiger partial charge in [0.2, 0.25) is 0 Å². The number of hydrogen-bond donors (Lipinski definition) is 0. The largest absolute Gasteiger partial charge is 0.545 e. The number of carbonyl (C=O) groups excluding carboxylic acids is 2. The van der Waals surface area contributed by atoms with E-state index in [-0.39, 0.29) is 11.1 Å². The zero-order chi connectivity index (χ0) is 11.4. The maximum atomic E-state index is 10.9. The average Bonchev–Trinajstić information content (AvgIpc) is 2.56. The number of carbonyl (C=O) groups is 2. The molecule has 0 aliphatic heterocycles. The van der Waals surface area contributed by atoms with Crippen LogP contribution in [0.1, 0.15) is 39.4 Å². The summed E-state index contributed by atoms with van der Waals surface area (Å²) >= 11 is 2.86. The summed E-state index contributed by atoms with van der Waals surface area (Å²) in [6.45, 7) is 3.83. The number of aryl methyl sites for hydroxylation is 1. The maximum Gasteiger partial charge on any atom is 0.152 e. The van der Waals surface area contributed by atoms with Crippen LogP contribution in [-0.2, 0) is 6.42 Å². The lowest BCUT2D eigenvalue weighted by molar-refractivity contribution is -0.255. The molecule has 0 amide bonds. The van der Waals surface area contributed by atoms with Gasteiger partial charge in [-0.25, -0.2) is 0 Å². The topological polar surface area (TPSA) is 57.2 Å². The Labute approximate surface area is 96.5 Å². The van der Waals surface area contributed by atoms with Gasteiger partial charge in [0.15, 0.2) is 6.29 Å². The van der Waals surface area contributed by atoms with E-state index < -0.39 is 5.97 Å². The van der Waals surface area contributed by atoms with E-state index in [2.05, 4.69) is 0 Å². The molecule has 0 atom stereocenters. The van der Waals surface area contributed by atoms with Gasteiger partial charge in [-0.3, -0.25) is 4.79 Å². The molecule has 3 nitrogen and oxygen atoms in total. The molecular formula is C10H11O3S2-. The van der Waals surface area contributed by atoms with Crippen LogP contribution < -0.4 is 5.11 Å². The van der Waals surface area contributed by atoms with E-state index in [1.165, 1.54) is 23.1 Å². The Bertz CT molecular complexity index is 382. The highest BCUT2D eigenvalue weighted by Crippen LogP contribution is 2.35. The number of thioether (sulfide) groups is 1. The zero-order valence-electron chi connectivity index (χ0n) is 8.53. The van der Waals surface area contributed by atoms with Gasteiger partial charge in [-0.05, 0) is 12.2 Å². The first-order valence-corrected chi connectivity index (χ1v) is 6.40. The lowest BCUT2D eigenvalue weighted by Gasteiger charge is -2.03. The van der Waals surface area contributed by atoms with Gasteiger partial charge in [0.05, 0.1) is 10.2 Å². The summed E-state index contributed by atoms with van der Waals surface area (Å²) in [7, 11) is 0. The summed E-state index contributed by atoms with van der Waals surface area (Å²) in [6.07, 6.45) is 1.22. The number of rotatable bonds is 5. The molecule has 0 spiro atoms. The number of carboxylic acid groups (broad SMARTS) is 1. The van der Waals surface area contributed by atoms with Crippen molar-refractivity contribution >= 4 is 35.4 Å². The minimum Gasteiger partial charge on any atom is -0.545 e. The van der Waals surface area contributed by atoms with Gasteiger partial charge in [-0.1, -0.05) is 13.8 Å². The Hall–Kier alpha value is -0.810. The van der Waals surface area contributed by atoms with Gasteiger partial charge in [-0.15, -0.1) is 23.1 Å². The Morgan fingerprint density at radius 1 is 1.53 bits per heavy atom. The van der Waals surface area contributed by atoms with E-state index in [1.54, 1.807) is 0 Å². The number of aldehydes is 1. The lowest BCUT2D eigenvalue weighted by atomic mass is 10.1. The zero-order valence-corrected chi connectivity index (χ0v) is 10.2. The van der Waals surface area contributed by atoms with Crippen LogP contribution in [0.2, 0.25) is 0 Å². The van der Waals surface area contributed by atoms with E-state index in [0.717, 1.165) is 9.96 Å². The highest BCUT2D eigenvalue weighted by atomic mass is 32.2. The Balaban J connectivity index is 3.31. The molecule has 0 aliphatic carbocycles. The molecule has 0 aromatic carbocycles. The second-order valence-corrected chi connectivity index (χ2v) is 5.43. The first-order chi connectivity index (χ1) is 7.15. The van der Waals surface area contributed by atoms with Gasteiger partial charge < -0.3 is 9.90 Å². The maximum absolute atomic E-state index is 10.9. The highest BCUT2D eigenvalue weighted by molar-refractivity contribution is 8.01. The van der Waals surface area contributed by atoms with Crippen molar-refractivity contribution in [2.75, 3.05) is 5.75 Å². The second-order valence-electron chi connectivity index (χ2n) is 2.79. The number of carboxylic acids is 1.